The van der Waals surface area contributed by atoms with Crippen molar-refractivity contribution in [2.75, 3.05) is 0 Å². The molecule has 0 nitrogen and oxygen atoms in total. The molecule has 67 valence electrons. The molecule has 0 aliphatic heterocycles. The van der Waals surface area contributed by atoms with Crippen molar-refractivity contribution in [2.24, 2.45) is 0 Å². The van der Waals surface area contributed by atoms with Crippen molar-refractivity contribution in [1.82, 2.24) is 0 Å². The van der Waals surface area contributed by atoms with E-state index in [1.165, 1.54) is 17.7 Å². The lowest BCUT2D eigenvalue weighted by molar-refractivity contribution is 0.970. The van der Waals surface area contributed by atoms with E-state index in [-0.39, 0.29) is 8.80 Å². The Morgan fingerprint density at radius 1 is 1.31 bits per heavy atom. The van der Waals surface area contributed by atoms with Crippen molar-refractivity contribution in [3.8, 4) is 12.3 Å². The van der Waals surface area contributed by atoms with Gasteiger partial charge in [-0.2, -0.15) is 0 Å². The summed E-state index contributed by atoms with van der Waals surface area (Å²) in [6, 6.07) is 12.0. The van der Waals surface area contributed by atoms with Gasteiger partial charge >= 0.3 is 0 Å². The third-order valence-electron chi connectivity index (χ3n) is 2.14. The zero-order chi connectivity index (χ0) is 9.52. The van der Waals surface area contributed by atoms with Gasteiger partial charge < -0.3 is 0 Å². The topological polar surface area (TPSA) is 0 Å². The van der Waals surface area contributed by atoms with E-state index >= 15 is 0 Å². The lowest BCUT2D eigenvalue weighted by Gasteiger charge is -2.07. The molecule has 1 aromatic carbocycles. The highest BCUT2D eigenvalue weighted by Gasteiger charge is 2.05. The van der Waals surface area contributed by atoms with Gasteiger partial charge in [0.15, 0.2) is 0 Å². The molecule has 1 rings (SSSR count). The molecule has 0 heterocycles. The van der Waals surface area contributed by atoms with Gasteiger partial charge in [0.25, 0.3) is 0 Å². The molecule has 0 saturated heterocycles. The molecule has 0 aromatic heterocycles. The summed E-state index contributed by atoms with van der Waals surface area (Å²) in [5.41, 5.74) is 0. The Kier molecular flexibility index (Phi) is 4.35. The maximum Gasteiger partial charge on any atom is 0.0824 e. The van der Waals surface area contributed by atoms with Crippen LogP contribution in [0.25, 0.3) is 0 Å². The fourth-order valence-corrected chi connectivity index (χ4v) is 3.08. The molecule has 1 heteroatoms. The van der Waals surface area contributed by atoms with Gasteiger partial charge in [0.2, 0.25) is 0 Å². The second-order valence-corrected chi connectivity index (χ2v) is 5.84. The van der Waals surface area contributed by atoms with Crippen molar-refractivity contribution in [3.63, 3.8) is 0 Å². The van der Waals surface area contributed by atoms with E-state index in [0.717, 1.165) is 6.42 Å². The minimum absolute atomic E-state index is 0.335. The average Bonchev–Trinajstić information content (AvgIpc) is 2.19. The number of hydrogen-bond acceptors (Lipinski definition) is 0. The van der Waals surface area contributed by atoms with E-state index in [4.69, 9.17) is 6.42 Å². The minimum Gasteiger partial charge on any atom is -0.120 e. The molecule has 0 bridgehead atoms. The molecular formula is C12H15Si. The highest BCUT2D eigenvalue weighted by atomic mass is 28.3. The van der Waals surface area contributed by atoms with Crippen LogP contribution in [0, 0.1) is 12.3 Å². The summed E-state index contributed by atoms with van der Waals surface area (Å²) in [5, 5.41) is 1.52. The predicted octanol–water partition coefficient (Wildman–Crippen LogP) is 2.43. The first-order valence-electron chi connectivity index (χ1n) is 4.66. The van der Waals surface area contributed by atoms with Gasteiger partial charge in [0.05, 0.1) is 8.80 Å². The quantitative estimate of drug-likeness (QED) is 0.386. The zero-order valence-corrected chi connectivity index (χ0v) is 9.09. The summed E-state index contributed by atoms with van der Waals surface area (Å²) in [4.78, 5) is 0. The van der Waals surface area contributed by atoms with E-state index in [2.05, 4.69) is 42.8 Å². The Morgan fingerprint density at radius 3 is 2.62 bits per heavy atom. The molecular weight excluding hydrogens is 172 g/mol. The average molecular weight is 187 g/mol. The Bertz CT molecular complexity index is 271. The summed E-state index contributed by atoms with van der Waals surface area (Å²) in [7, 11) is -0.335. The van der Waals surface area contributed by atoms with Gasteiger partial charge in [-0.1, -0.05) is 48.1 Å². The molecule has 0 atom stereocenters. The monoisotopic (exact) mass is 187 g/mol. The predicted molar refractivity (Wildman–Crippen MR) is 60.6 cm³/mol. The van der Waals surface area contributed by atoms with Crippen LogP contribution in [0.3, 0.4) is 0 Å². The fraction of sp³-hybridized carbons (Fsp3) is 0.333. The number of hydrogen-bond donors (Lipinski definition) is 0. The van der Waals surface area contributed by atoms with Crippen LogP contribution in [0.2, 0.25) is 12.6 Å². The summed E-state index contributed by atoms with van der Waals surface area (Å²) in [6.07, 6.45) is 7.32. The van der Waals surface area contributed by atoms with Crippen LogP contribution in [0.15, 0.2) is 30.3 Å². The van der Waals surface area contributed by atoms with Crippen molar-refractivity contribution < 1.29 is 0 Å². The number of rotatable bonds is 4. The van der Waals surface area contributed by atoms with Gasteiger partial charge in [-0.15, -0.1) is 12.3 Å². The van der Waals surface area contributed by atoms with Gasteiger partial charge in [-0.05, 0) is 6.42 Å². The molecule has 0 fully saturated rings. The van der Waals surface area contributed by atoms with Crippen LogP contribution < -0.4 is 5.19 Å². The number of terminal acetylenes is 1. The second-order valence-electron chi connectivity index (χ2n) is 3.20. The van der Waals surface area contributed by atoms with E-state index in [1.807, 2.05) is 0 Å². The van der Waals surface area contributed by atoms with E-state index in [0.29, 0.717) is 0 Å². The van der Waals surface area contributed by atoms with Crippen LogP contribution >= 0.6 is 0 Å². The van der Waals surface area contributed by atoms with Crippen molar-refractivity contribution >= 4 is 14.0 Å². The zero-order valence-electron chi connectivity index (χ0n) is 8.09. The highest BCUT2D eigenvalue weighted by molar-refractivity contribution is 6.71. The first-order valence-corrected chi connectivity index (χ1v) is 6.86. The van der Waals surface area contributed by atoms with Gasteiger partial charge in [0.1, 0.15) is 0 Å². The normalized spacial score (nSPS) is 9.92. The molecule has 0 aliphatic rings. The molecule has 0 aliphatic carbocycles. The van der Waals surface area contributed by atoms with Crippen LogP contribution in [0.5, 0.6) is 0 Å². The maximum atomic E-state index is 5.21. The Morgan fingerprint density at radius 2 is 2.00 bits per heavy atom. The Balaban J connectivity index is 2.41. The van der Waals surface area contributed by atoms with Crippen LogP contribution in [0.4, 0.5) is 0 Å². The van der Waals surface area contributed by atoms with Gasteiger partial charge in [-0.3, -0.25) is 0 Å². The van der Waals surface area contributed by atoms with E-state index in [1.54, 1.807) is 0 Å². The molecule has 1 radical (unpaired) electrons. The van der Waals surface area contributed by atoms with Crippen LogP contribution in [-0.4, -0.2) is 8.80 Å². The van der Waals surface area contributed by atoms with Crippen molar-refractivity contribution in [1.29, 1.82) is 0 Å². The standard InChI is InChI=1S/C12H15Si/c1-3-4-8-11-13(2)12-9-6-5-7-10-12/h1,5-7,9-10H,4,8,11H2,2H3. The van der Waals surface area contributed by atoms with Crippen LogP contribution in [0.1, 0.15) is 12.8 Å². The van der Waals surface area contributed by atoms with Crippen LogP contribution in [-0.2, 0) is 0 Å². The first kappa shape index (κ1) is 10.1. The summed E-state index contributed by atoms with van der Waals surface area (Å²) < 4.78 is 0. The molecule has 0 spiro atoms. The largest absolute Gasteiger partial charge is 0.120 e. The van der Waals surface area contributed by atoms with Gasteiger partial charge in [-0.25, -0.2) is 0 Å². The van der Waals surface area contributed by atoms with E-state index in [9.17, 15) is 0 Å². The second kappa shape index (κ2) is 5.61. The molecule has 0 saturated carbocycles. The highest BCUT2D eigenvalue weighted by Crippen LogP contribution is 2.01. The van der Waals surface area contributed by atoms with E-state index < -0.39 is 0 Å². The SMILES string of the molecule is C#CCCC[Si](C)c1ccccc1. The summed E-state index contributed by atoms with van der Waals surface area (Å²) in [5.74, 6) is 2.69. The first-order chi connectivity index (χ1) is 6.34. The molecule has 1 aromatic rings. The lowest BCUT2D eigenvalue weighted by Crippen LogP contribution is -2.25. The third-order valence-corrected chi connectivity index (χ3v) is 4.56. The number of benzene rings is 1. The smallest absolute Gasteiger partial charge is 0.0824 e. The third kappa shape index (κ3) is 3.48. The van der Waals surface area contributed by atoms with Crippen molar-refractivity contribution in [3.05, 3.63) is 30.3 Å². The Labute approximate surface area is 82.6 Å². The lowest BCUT2D eigenvalue weighted by atomic mass is 10.4. The minimum atomic E-state index is -0.335. The summed E-state index contributed by atoms with van der Waals surface area (Å²) >= 11 is 0. The number of unbranched alkanes of at least 4 members (excludes halogenated alkanes) is 1. The fourth-order valence-electron chi connectivity index (χ4n) is 1.32. The van der Waals surface area contributed by atoms with Gasteiger partial charge in [0, 0.05) is 6.42 Å². The molecule has 0 amide bonds. The molecule has 0 unspecified atom stereocenters. The molecule has 13 heavy (non-hydrogen) atoms. The maximum absolute atomic E-state index is 5.21. The Hall–Kier alpha value is -1.00. The summed E-state index contributed by atoms with van der Waals surface area (Å²) in [6.45, 7) is 2.36. The molecule has 0 N–H and O–H groups in total. The van der Waals surface area contributed by atoms with Crippen molar-refractivity contribution in [2.45, 2.75) is 25.4 Å².